The fourth-order valence-corrected chi connectivity index (χ4v) is 2.08. The molecule has 2 rings (SSSR count). The molecule has 2 aromatic rings. The Morgan fingerprint density at radius 3 is 2.74 bits per heavy atom. The van der Waals surface area contributed by atoms with Crippen molar-refractivity contribution in [1.29, 1.82) is 0 Å². The topological polar surface area (TPSA) is 75.4 Å². The van der Waals surface area contributed by atoms with Crippen molar-refractivity contribution >= 4 is 40.7 Å². The number of benzene rings is 1. The first-order valence-corrected chi connectivity index (χ1v) is 6.18. The molecule has 0 fully saturated rings. The number of carbonyl (C=O) groups excluding carboxylic acids is 1. The van der Waals surface area contributed by atoms with E-state index >= 15 is 0 Å². The van der Waals surface area contributed by atoms with Crippen molar-refractivity contribution in [3.63, 3.8) is 0 Å². The van der Waals surface area contributed by atoms with Crippen LogP contribution in [0.1, 0.15) is 16.1 Å². The zero-order chi connectivity index (χ0) is 14.0. The van der Waals surface area contributed by atoms with Crippen LogP contribution in [0.25, 0.3) is 0 Å². The highest BCUT2D eigenvalue weighted by Crippen LogP contribution is 2.38. The van der Waals surface area contributed by atoms with E-state index in [0.717, 1.165) is 0 Å². The van der Waals surface area contributed by atoms with Gasteiger partial charge in [-0.25, -0.2) is 0 Å². The molecule has 0 aliphatic carbocycles. The molecule has 0 aliphatic rings. The Morgan fingerprint density at radius 2 is 2.11 bits per heavy atom. The highest BCUT2D eigenvalue weighted by molar-refractivity contribution is 6.45. The van der Waals surface area contributed by atoms with Crippen LogP contribution in [-0.2, 0) is 6.54 Å². The summed E-state index contributed by atoms with van der Waals surface area (Å²) in [5.41, 5.74) is -0.182. The van der Waals surface area contributed by atoms with Gasteiger partial charge in [0.2, 0.25) is 0 Å². The van der Waals surface area contributed by atoms with Gasteiger partial charge >= 0.3 is 0 Å². The third kappa shape index (κ3) is 2.94. The number of rotatable bonds is 3. The molecule has 8 heteroatoms. The summed E-state index contributed by atoms with van der Waals surface area (Å²) >= 11 is 17.4. The maximum absolute atomic E-state index is 12.0. The van der Waals surface area contributed by atoms with Crippen LogP contribution in [-0.4, -0.2) is 16.2 Å². The van der Waals surface area contributed by atoms with Gasteiger partial charge in [-0.3, -0.25) is 4.79 Å². The van der Waals surface area contributed by atoms with Gasteiger partial charge in [-0.15, -0.1) is 0 Å². The van der Waals surface area contributed by atoms with Crippen LogP contribution in [0.3, 0.4) is 0 Å². The Labute approximate surface area is 123 Å². The van der Waals surface area contributed by atoms with Gasteiger partial charge in [-0.1, -0.05) is 40.0 Å². The minimum atomic E-state index is -0.622. The second kappa shape index (κ2) is 5.69. The molecule has 5 nitrogen and oxygen atoms in total. The first-order chi connectivity index (χ1) is 9.00. The SMILES string of the molecule is O=C(NCc1ccno1)c1c(O)c(Cl)cc(Cl)c1Cl. The number of nitrogens with one attached hydrogen (secondary N) is 1. The summed E-state index contributed by atoms with van der Waals surface area (Å²) in [6.45, 7) is 0.0960. The lowest BCUT2D eigenvalue weighted by Crippen LogP contribution is -2.23. The number of aromatic hydroxyl groups is 1. The van der Waals surface area contributed by atoms with Gasteiger partial charge in [-0.2, -0.15) is 0 Å². The lowest BCUT2D eigenvalue weighted by Gasteiger charge is -2.10. The van der Waals surface area contributed by atoms with E-state index in [4.69, 9.17) is 39.3 Å². The minimum absolute atomic E-state index is 0.0563. The van der Waals surface area contributed by atoms with E-state index in [9.17, 15) is 9.90 Å². The summed E-state index contributed by atoms with van der Waals surface area (Å²) in [6, 6.07) is 2.85. The Morgan fingerprint density at radius 1 is 1.37 bits per heavy atom. The first kappa shape index (κ1) is 14.0. The van der Waals surface area contributed by atoms with Crippen LogP contribution in [0.15, 0.2) is 22.9 Å². The van der Waals surface area contributed by atoms with E-state index in [1.807, 2.05) is 0 Å². The summed E-state index contributed by atoms with van der Waals surface area (Å²) in [4.78, 5) is 12.0. The van der Waals surface area contributed by atoms with E-state index in [-0.39, 0.29) is 27.2 Å². The van der Waals surface area contributed by atoms with Gasteiger partial charge in [0.15, 0.2) is 5.76 Å². The van der Waals surface area contributed by atoms with Crippen molar-refractivity contribution in [2.75, 3.05) is 0 Å². The van der Waals surface area contributed by atoms with Gasteiger partial charge < -0.3 is 14.9 Å². The summed E-state index contributed by atoms with van der Waals surface area (Å²) in [5, 5.41) is 15.7. The fourth-order valence-electron chi connectivity index (χ4n) is 1.38. The van der Waals surface area contributed by atoms with Crippen LogP contribution in [0, 0.1) is 0 Å². The van der Waals surface area contributed by atoms with Crippen molar-refractivity contribution in [3.8, 4) is 5.75 Å². The van der Waals surface area contributed by atoms with Crippen molar-refractivity contribution in [1.82, 2.24) is 10.5 Å². The summed E-state index contributed by atoms with van der Waals surface area (Å²) < 4.78 is 4.82. The van der Waals surface area contributed by atoms with Crippen LogP contribution < -0.4 is 5.32 Å². The third-order valence-electron chi connectivity index (χ3n) is 2.29. The summed E-state index contributed by atoms with van der Waals surface area (Å²) in [6.07, 6.45) is 1.45. The number of phenols is 1. The van der Waals surface area contributed by atoms with E-state index in [1.165, 1.54) is 12.3 Å². The largest absolute Gasteiger partial charge is 0.505 e. The Kier molecular flexibility index (Phi) is 4.19. The second-order valence-corrected chi connectivity index (χ2v) is 4.73. The smallest absolute Gasteiger partial charge is 0.257 e. The number of nitrogens with zero attached hydrogens (tertiary/aromatic N) is 1. The lowest BCUT2D eigenvalue weighted by atomic mass is 10.2. The standard InChI is InChI=1S/C11H7Cl3N2O3/c12-6-3-7(13)10(17)8(9(6)14)11(18)15-4-5-1-2-16-19-5/h1-3,17H,4H2,(H,15,18). The van der Waals surface area contributed by atoms with Crippen LogP contribution in [0.4, 0.5) is 0 Å². The molecule has 0 atom stereocenters. The van der Waals surface area contributed by atoms with E-state index < -0.39 is 11.7 Å². The normalized spacial score (nSPS) is 10.5. The van der Waals surface area contributed by atoms with Crippen LogP contribution in [0.5, 0.6) is 5.75 Å². The van der Waals surface area contributed by atoms with Gasteiger partial charge in [0.1, 0.15) is 11.3 Å². The molecule has 1 aromatic carbocycles. The molecule has 0 bridgehead atoms. The zero-order valence-corrected chi connectivity index (χ0v) is 11.6. The molecule has 19 heavy (non-hydrogen) atoms. The number of aromatic nitrogens is 1. The monoisotopic (exact) mass is 320 g/mol. The van der Waals surface area contributed by atoms with Gasteiger partial charge in [0.05, 0.1) is 27.8 Å². The van der Waals surface area contributed by atoms with Crippen molar-refractivity contribution < 1.29 is 14.4 Å². The van der Waals surface area contributed by atoms with Crippen molar-refractivity contribution in [3.05, 3.63) is 44.7 Å². The van der Waals surface area contributed by atoms with Crippen LogP contribution >= 0.6 is 34.8 Å². The minimum Gasteiger partial charge on any atom is -0.505 e. The van der Waals surface area contributed by atoms with Crippen molar-refractivity contribution in [2.45, 2.75) is 6.54 Å². The lowest BCUT2D eigenvalue weighted by molar-refractivity contribution is 0.0944. The van der Waals surface area contributed by atoms with E-state index in [0.29, 0.717) is 5.76 Å². The Hall–Kier alpha value is -1.43. The van der Waals surface area contributed by atoms with Gasteiger partial charge in [0.25, 0.3) is 5.91 Å². The molecule has 0 saturated carbocycles. The first-order valence-electron chi connectivity index (χ1n) is 5.05. The number of phenolic OH excluding ortho intramolecular Hbond substituents is 1. The molecule has 0 radical (unpaired) electrons. The number of amides is 1. The highest BCUT2D eigenvalue weighted by atomic mass is 35.5. The third-order valence-corrected chi connectivity index (χ3v) is 3.36. The van der Waals surface area contributed by atoms with Gasteiger partial charge in [0, 0.05) is 6.07 Å². The number of hydrogen-bond acceptors (Lipinski definition) is 4. The summed E-state index contributed by atoms with van der Waals surface area (Å²) in [7, 11) is 0. The average molecular weight is 322 g/mol. The molecule has 1 heterocycles. The highest BCUT2D eigenvalue weighted by Gasteiger charge is 2.21. The Balaban J connectivity index is 2.24. The molecule has 1 aromatic heterocycles. The predicted molar refractivity (Wildman–Crippen MR) is 70.8 cm³/mol. The Bertz CT molecular complexity index is 588. The molecule has 1 amide bonds. The van der Waals surface area contributed by atoms with Crippen LogP contribution in [0.2, 0.25) is 15.1 Å². The fraction of sp³-hybridized carbons (Fsp3) is 0.0909. The molecular weight excluding hydrogens is 314 g/mol. The molecule has 0 spiro atoms. The number of hydrogen-bond donors (Lipinski definition) is 2. The van der Waals surface area contributed by atoms with Crippen molar-refractivity contribution in [2.24, 2.45) is 0 Å². The molecule has 0 saturated heterocycles. The quantitative estimate of drug-likeness (QED) is 0.851. The molecule has 0 aliphatic heterocycles. The molecule has 0 unspecified atom stereocenters. The summed E-state index contributed by atoms with van der Waals surface area (Å²) in [5.74, 6) is -0.591. The predicted octanol–water partition coefficient (Wildman–Crippen LogP) is 3.27. The number of halogens is 3. The number of carbonyl (C=O) groups is 1. The molecule has 2 N–H and O–H groups in total. The van der Waals surface area contributed by atoms with E-state index in [1.54, 1.807) is 6.07 Å². The zero-order valence-electron chi connectivity index (χ0n) is 9.28. The van der Waals surface area contributed by atoms with E-state index in [2.05, 4.69) is 10.5 Å². The maximum Gasteiger partial charge on any atom is 0.257 e. The molecule has 100 valence electrons. The maximum atomic E-state index is 12.0. The second-order valence-electron chi connectivity index (χ2n) is 3.54. The molecular formula is C11H7Cl3N2O3. The van der Waals surface area contributed by atoms with Gasteiger partial charge in [-0.05, 0) is 6.07 Å². The average Bonchev–Trinajstić information content (AvgIpc) is 2.87.